The van der Waals surface area contributed by atoms with Gasteiger partial charge in [0, 0.05) is 44.3 Å². The Morgan fingerprint density at radius 1 is 1.21 bits per heavy atom. The molecule has 1 N–H and O–H groups in total. The first kappa shape index (κ1) is 15.7. The molecule has 2 atom stereocenters. The Morgan fingerprint density at radius 3 is 2.79 bits per heavy atom. The molecule has 0 radical (unpaired) electrons. The maximum absolute atomic E-state index is 12.1. The molecule has 1 aromatic heterocycles. The molecule has 0 bridgehead atoms. The Hall–Kier alpha value is -1.86. The van der Waals surface area contributed by atoms with Gasteiger partial charge in [0.15, 0.2) is 9.84 Å². The van der Waals surface area contributed by atoms with Crippen LogP contribution in [0.4, 0.5) is 0 Å². The maximum atomic E-state index is 12.1. The van der Waals surface area contributed by atoms with Gasteiger partial charge in [0.1, 0.15) is 0 Å². The minimum atomic E-state index is -3.09. The molecule has 0 saturated carbocycles. The van der Waals surface area contributed by atoms with Gasteiger partial charge in [0.25, 0.3) is 0 Å². The Bertz CT molecular complexity index is 889. The SMILES string of the molecule is CC(=O)N1CCN(Cc2ccc3[nH]ccc3c2)[C@H]2CS(=O)(=O)C[C@H]21. The minimum absolute atomic E-state index is 0.0320. The number of hydrogen-bond donors (Lipinski definition) is 1. The van der Waals surface area contributed by atoms with Gasteiger partial charge in [-0.2, -0.15) is 0 Å². The topological polar surface area (TPSA) is 73.5 Å². The number of piperazine rings is 1. The average molecular weight is 347 g/mol. The molecule has 24 heavy (non-hydrogen) atoms. The van der Waals surface area contributed by atoms with Crippen LogP contribution in [0.2, 0.25) is 0 Å². The van der Waals surface area contributed by atoms with Gasteiger partial charge < -0.3 is 9.88 Å². The molecule has 3 heterocycles. The summed E-state index contributed by atoms with van der Waals surface area (Å²) in [5, 5.41) is 1.16. The molecule has 2 saturated heterocycles. The zero-order chi connectivity index (χ0) is 16.9. The lowest BCUT2D eigenvalue weighted by molar-refractivity contribution is -0.134. The monoisotopic (exact) mass is 347 g/mol. The number of carbonyl (C=O) groups excluding carboxylic acids is 1. The third-order valence-electron chi connectivity index (χ3n) is 5.20. The fourth-order valence-electron chi connectivity index (χ4n) is 4.05. The van der Waals surface area contributed by atoms with Crippen LogP contribution in [0.15, 0.2) is 30.5 Å². The van der Waals surface area contributed by atoms with Crippen LogP contribution >= 0.6 is 0 Å². The second kappa shape index (κ2) is 5.60. The number of carbonyl (C=O) groups is 1. The zero-order valence-electron chi connectivity index (χ0n) is 13.6. The van der Waals surface area contributed by atoms with Crippen molar-refractivity contribution in [3.05, 3.63) is 36.0 Å². The number of nitrogens with one attached hydrogen (secondary N) is 1. The van der Waals surface area contributed by atoms with Gasteiger partial charge in [-0.25, -0.2) is 8.42 Å². The molecule has 2 aliphatic heterocycles. The lowest BCUT2D eigenvalue weighted by Gasteiger charge is -2.43. The van der Waals surface area contributed by atoms with Crippen molar-refractivity contribution in [2.75, 3.05) is 24.6 Å². The number of fused-ring (bicyclic) bond motifs is 2. The predicted octanol–water partition coefficient (Wildman–Crippen LogP) is 0.998. The van der Waals surface area contributed by atoms with Gasteiger partial charge in [0.05, 0.1) is 17.5 Å². The van der Waals surface area contributed by atoms with E-state index in [1.807, 2.05) is 12.3 Å². The van der Waals surface area contributed by atoms with Crippen LogP contribution in [0.25, 0.3) is 10.9 Å². The predicted molar refractivity (Wildman–Crippen MR) is 92.3 cm³/mol. The molecular weight excluding hydrogens is 326 g/mol. The summed E-state index contributed by atoms with van der Waals surface area (Å²) >= 11 is 0. The van der Waals surface area contributed by atoms with Crippen molar-refractivity contribution in [3.63, 3.8) is 0 Å². The molecule has 0 spiro atoms. The summed E-state index contributed by atoms with van der Waals surface area (Å²) in [7, 11) is -3.09. The van der Waals surface area contributed by atoms with E-state index in [4.69, 9.17) is 0 Å². The van der Waals surface area contributed by atoms with E-state index in [1.54, 1.807) is 4.90 Å². The van der Waals surface area contributed by atoms with Gasteiger partial charge in [-0.3, -0.25) is 9.69 Å². The molecule has 0 aliphatic carbocycles. The van der Waals surface area contributed by atoms with Crippen molar-refractivity contribution >= 4 is 26.6 Å². The van der Waals surface area contributed by atoms with Crippen LogP contribution in [-0.4, -0.2) is 65.8 Å². The van der Waals surface area contributed by atoms with Crippen molar-refractivity contribution < 1.29 is 13.2 Å². The summed E-state index contributed by atoms with van der Waals surface area (Å²) in [6, 6.07) is 8.00. The van der Waals surface area contributed by atoms with Gasteiger partial charge >= 0.3 is 0 Å². The molecule has 128 valence electrons. The van der Waals surface area contributed by atoms with E-state index in [0.29, 0.717) is 19.6 Å². The highest BCUT2D eigenvalue weighted by atomic mass is 32.2. The smallest absolute Gasteiger partial charge is 0.219 e. The molecule has 6 nitrogen and oxygen atoms in total. The van der Waals surface area contributed by atoms with Crippen molar-refractivity contribution in [3.8, 4) is 0 Å². The number of amides is 1. The molecule has 1 amide bonds. The summed E-state index contributed by atoms with van der Waals surface area (Å²) < 4.78 is 24.3. The Balaban J connectivity index is 1.60. The van der Waals surface area contributed by atoms with Crippen LogP contribution in [0.1, 0.15) is 12.5 Å². The molecule has 0 unspecified atom stereocenters. The average Bonchev–Trinajstić information content (AvgIpc) is 3.09. The standard InChI is InChI=1S/C17H21N3O3S/c1-12(21)20-7-6-19(16-10-24(22,23)11-17(16)20)9-13-2-3-15-14(8-13)4-5-18-15/h2-5,8,16-18H,6-7,9-11H2,1H3/t16-,17+/m0/s1. The van der Waals surface area contributed by atoms with Crippen LogP contribution in [0, 0.1) is 0 Å². The largest absolute Gasteiger partial charge is 0.361 e. The summed E-state index contributed by atoms with van der Waals surface area (Å²) in [6.45, 7) is 3.54. The third-order valence-corrected chi connectivity index (χ3v) is 6.90. The highest BCUT2D eigenvalue weighted by Gasteiger charge is 2.47. The van der Waals surface area contributed by atoms with Crippen LogP contribution in [-0.2, 0) is 21.2 Å². The number of nitrogens with zero attached hydrogens (tertiary/aromatic N) is 2. The van der Waals surface area contributed by atoms with E-state index in [1.165, 1.54) is 12.5 Å². The highest BCUT2D eigenvalue weighted by Crippen LogP contribution is 2.28. The lowest BCUT2D eigenvalue weighted by atomic mass is 10.0. The quantitative estimate of drug-likeness (QED) is 0.879. The molecule has 1 aromatic carbocycles. The fourth-order valence-corrected chi connectivity index (χ4v) is 6.06. The number of aromatic nitrogens is 1. The molecular formula is C17H21N3O3S. The third kappa shape index (κ3) is 2.71. The van der Waals surface area contributed by atoms with Crippen molar-refractivity contribution in [2.24, 2.45) is 0 Å². The van der Waals surface area contributed by atoms with Crippen molar-refractivity contribution in [1.29, 1.82) is 0 Å². The van der Waals surface area contributed by atoms with E-state index in [9.17, 15) is 13.2 Å². The normalized spacial score (nSPS) is 26.6. The number of H-pyrrole nitrogens is 1. The second-order valence-electron chi connectivity index (χ2n) is 6.79. The summed E-state index contributed by atoms with van der Waals surface area (Å²) in [4.78, 5) is 19.0. The van der Waals surface area contributed by atoms with Crippen LogP contribution < -0.4 is 0 Å². The maximum Gasteiger partial charge on any atom is 0.219 e. The van der Waals surface area contributed by atoms with E-state index in [-0.39, 0.29) is 29.5 Å². The van der Waals surface area contributed by atoms with Gasteiger partial charge in [-0.15, -0.1) is 0 Å². The summed E-state index contributed by atoms with van der Waals surface area (Å²) in [5.74, 6) is 0.203. The van der Waals surface area contributed by atoms with Crippen molar-refractivity contribution in [2.45, 2.75) is 25.6 Å². The molecule has 2 fully saturated rings. The van der Waals surface area contributed by atoms with E-state index in [0.717, 1.165) is 10.9 Å². The second-order valence-corrected chi connectivity index (χ2v) is 8.95. The van der Waals surface area contributed by atoms with Crippen molar-refractivity contribution in [1.82, 2.24) is 14.8 Å². The first-order valence-electron chi connectivity index (χ1n) is 8.21. The molecule has 2 aliphatic rings. The number of rotatable bonds is 2. The fraction of sp³-hybridized carbons (Fsp3) is 0.471. The molecule has 4 rings (SSSR count). The van der Waals surface area contributed by atoms with Crippen LogP contribution in [0.5, 0.6) is 0 Å². The first-order valence-corrected chi connectivity index (χ1v) is 10.0. The van der Waals surface area contributed by atoms with E-state index < -0.39 is 9.84 Å². The Morgan fingerprint density at radius 2 is 2.00 bits per heavy atom. The lowest BCUT2D eigenvalue weighted by Crippen LogP contribution is -2.59. The number of aromatic amines is 1. The zero-order valence-corrected chi connectivity index (χ0v) is 14.4. The first-order chi connectivity index (χ1) is 11.4. The Labute approximate surface area is 141 Å². The number of sulfone groups is 1. The summed E-state index contributed by atoms with van der Waals surface area (Å²) in [6.07, 6.45) is 1.92. The van der Waals surface area contributed by atoms with Crippen LogP contribution in [0.3, 0.4) is 0 Å². The summed E-state index contributed by atoms with van der Waals surface area (Å²) in [5.41, 5.74) is 2.27. The molecule has 7 heteroatoms. The number of benzene rings is 1. The molecule has 2 aromatic rings. The van der Waals surface area contributed by atoms with Gasteiger partial charge in [0.2, 0.25) is 5.91 Å². The van der Waals surface area contributed by atoms with Gasteiger partial charge in [-0.05, 0) is 29.1 Å². The van der Waals surface area contributed by atoms with E-state index >= 15 is 0 Å². The van der Waals surface area contributed by atoms with E-state index in [2.05, 4.69) is 28.1 Å². The Kier molecular flexibility index (Phi) is 3.65. The van der Waals surface area contributed by atoms with Gasteiger partial charge in [-0.1, -0.05) is 6.07 Å². The highest BCUT2D eigenvalue weighted by molar-refractivity contribution is 7.91. The minimum Gasteiger partial charge on any atom is -0.361 e. The number of hydrogen-bond acceptors (Lipinski definition) is 4.